The molecule has 0 amide bonds. The van der Waals surface area contributed by atoms with Crippen molar-refractivity contribution in [3.05, 3.63) is 61.0 Å². The molecule has 92 valence electrons. The third kappa shape index (κ3) is 4.51. The van der Waals surface area contributed by atoms with E-state index in [0.717, 1.165) is 0 Å². The minimum Gasteiger partial charge on any atom is -0.387 e. The van der Waals surface area contributed by atoms with E-state index in [4.69, 9.17) is 0 Å². The van der Waals surface area contributed by atoms with E-state index in [1.807, 2.05) is 4.90 Å². The molecule has 1 rings (SSSR count). The second kappa shape index (κ2) is 6.99. The minimum absolute atomic E-state index is 0.296. The Kier molecular flexibility index (Phi) is 5.60. The van der Waals surface area contributed by atoms with Crippen molar-refractivity contribution in [2.45, 2.75) is 6.10 Å². The maximum Gasteiger partial charge on any atom is 0.123 e. The fourth-order valence-electron chi connectivity index (χ4n) is 1.62. The Balaban J connectivity index is 2.62. The lowest BCUT2D eigenvalue weighted by Gasteiger charge is -2.22. The van der Waals surface area contributed by atoms with Gasteiger partial charge in [-0.05, 0) is 17.7 Å². The summed E-state index contributed by atoms with van der Waals surface area (Å²) in [6.45, 7) is 9.18. The highest BCUT2D eigenvalue weighted by molar-refractivity contribution is 5.18. The molecule has 0 spiro atoms. The van der Waals surface area contributed by atoms with Crippen LogP contribution in [0.2, 0.25) is 0 Å². The van der Waals surface area contributed by atoms with Crippen LogP contribution >= 0.6 is 0 Å². The highest BCUT2D eigenvalue weighted by Gasteiger charge is 2.11. The predicted molar refractivity (Wildman–Crippen MR) is 68.2 cm³/mol. The van der Waals surface area contributed by atoms with Crippen LogP contribution in [0, 0.1) is 5.82 Å². The lowest BCUT2D eigenvalue weighted by atomic mass is 10.1. The maximum absolute atomic E-state index is 12.7. The Morgan fingerprint density at radius 3 is 2.18 bits per heavy atom. The molecule has 0 aromatic heterocycles. The summed E-state index contributed by atoms with van der Waals surface area (Å²) in [4.78, 5) is 2.01. The molecule has 0 heterocycles. The zero-order valence-electron chi connectivity index (χ0n) is 9.85. The predicted octanol–water partition coefficient (Wildman–Crippen LogP) is 2.53. The first kappa shape index (κ1) is 13.6. The molecule has 1 unspecified atom stereocenters. The van der Waals surface area contributed by atoms with Crippen molar-refractivity contribution in [3.63, 3.8) is 0 Å². The summed E-state index contributed by atoms with van der Waals surface area (Å²) in [6, 6.07) is 5.90. The molecular formula is C14H18FNO. The summed E-state index contributed by atoms with van der Waals surface area (Å²) in [5, 5.41) is 10.0. The van der Waals surface area contributed by atoms with Gasteiger partial charge in [-0.25, -0.2) is 4.39 Å². The van der Waals surface area contributed by atoms with Gasteiger partial charge in [-0.1, -0.05) is 24.3 Å². The lowest BCUT2D eigenvalue weighted by Crippen LogP contribution is -2.29. The van der Waals surface area contributed by atoms with Crippen LogP contribution in [0.3, 0.4) is 0 Å². The fourth-order valence-corrected chi connectivity index (χ4v) is 1.62. The second-order valence-corrected chi connectivity index (χ2v) is 3.86. The van der Waals surface area contributed by atoms with Crippen LogP contribution in [0.4, 0.5) is 4.39 Å². The van der Waals surface area contributed by atoms with Crippen LogP contribution in [0.5, 0.6) is 0 Å². The lowest BCUT2D eigenvalue weighted by molar-refractivity contribution is 0.125. The molecule has 0 bridgehead atoms. The quantitative estimate of drug-likeness (QED) is 0.734. The van der Waals surface area contributed by atoms with E-state index in [2.05, 4.69) is 13.2 Å². The zero-order valence-corrected chi connectivity index (χ0v) is 9.85. The van der Waals surface area contributed by atoms with Gasteiger partial charge in [-0.2, -0.15) is 0 Å². The molecule has 1 aromatic rings. The van der Waals surface area contributed by atoms with Gasteiger partial charge in [0.2, 0.25) is 0 Å². The second-order valence-electron chi connectivity index (χ2n) is 3.86. The molecule has 0 saturated carbocycles. The van der Waals surface area contributed by atoms with E-state index >= 15 is 0 Å². The van der Waals surface area contributed by atoms with Crippen LogP contribution in [0.25, 0.3) is 0 Å². The molecule has 17 heavy (non-hydrogen) atoms. The van der Waals surface area contributed by atoms with Gasteiger partial charge in [0.15, 0.2) is 0 Å². The summed E-state index contributed by atoms with van der Waals surface area (Å²) in [5.41, 5.74) is 0.713. The van der Waals surface area contributed by atoms with Crippen molar-refractivity contribution < 1.29 is 9.50 Å². The Morgan fingerprint density at radius 2 is 1.71 bits per heavy atom. The molecule has 3 heteroatoms. The smallest absolute Gasteiger partial charge is 0.123 e. The van der Waals surface area contributed by atoms with Gasteiger partial charge in [0.1, 0.15) is 5.82 Å². The SMILES string of the molecule is C=CCN(CC=C)CC(O)c1ccc(F)cc1. The number of halogens is 1. The summed E-state index contributed by atoms with van der Waals surface area (Å²) in [7, 11) is 0. The van der Waals surface area contributed by atoms with Crippen molar-refractivity contribution >= 4 is 0 Å². The number of hydrogen-bond acceptors (Lipinski definition) is 2. The average molecular weight is 235 g/mol. The third-order valence-corrected chi connectivity index (χ3v) is 2.46. The maximum atomic E-state index is 12.7. The van der Waals surface area contributed by atoms with Gasteiger partial charge in [-0.15, -0.1) is 13.2 Å². The summed E-state index contributed by atoms with van der Waals surface area (Å²) in [5.74, 6) is -0.296. The number of rotatable bonds is 7. The van der Waals surface area contributed by atoms with Crippen LogP contribution in [-0.2, 0) is 0 Å². The molecule has 1 atom stereocenters. The first-order valence-corrected chi connectivity index (χ1v) is 5.55. The van der Waals surface area contributed by atoms with Gasteiger partial charge >= 0.3 is 0 Å². The first-order valence-electron chi connectivity index (χ1n) is 5.55. The largest absolute Gasteiger partial charge is 0.387 e. The molecule has 0 fully saturated rings. The van der Waals surface area contributed by atoms with Crippen molar-refractivity contribution in [3.8, 4) is 0 Å². The fraction of sp³-hybridized carbons (Fsp3) is 0.286. The van der Waals surface area contributed by atoms with Crippen molar-refractivity contribution in [1.82, 2.24) is 4.90 Å². The topological polar surface area (TPSA) is 23.5 Å². The van der Waals surface area contributed by atoms with Gasteiger partial charge < -0.3 is 5.11 Å². The van der Waals surface area contributed by atoms with Crippen LogP contribution in [-0.4, -0.2) is 29.6 Å². The van der Waals surface area contributed by atoms with Crippen LogP contribution in [0.1, 0.15) is 11.7 Å². The Morgan fingerprint density at radius 1 is 1.18 bits per heavy atom. The molecule has 0 saturated heterocycles. The molecule has 1 aromatic carbocycles. The van der Waals surface area contributed by atoms with Crippen molar-refractivity contribution in [2.24, 2.45) is 0 Å². The number of nitrogens with zero attached hydrogens (tertiary/aromatic N) is 1. The molecule has 1 N–H and O–H groups in total. The van der Waals surface area contributed by atoms with Gasteiger partial charge in [0, 0.05) is 19.6 Å². The van der Waals surface area contributed by atoms with E-state index in [1.54, 1.807) is 24.3 Å². The normalized spacial score (nSPS) is 12.4. The van der Waals surface area contributed by atoms with E-state index in [0.29, 0.717) is 25.2 Å². The van der Waals surface area contributed by atoms with E-state index in [1.165, 1.54) is 12.1 Å². The molecule has 0 aliphatic heterocycles. The molecule has 0 radical (unpaired) electrons. The Hall–Kier alpha value is -1.45. The standard InChI is InChI=1S/C14H18FNO/c1-3-9-16(10-4-2)11-14(17)12-5-7-13(15)8-6-12/h3-8,14,17H,1-2,9-11H2. The average Bonchev–Trinajstić information content (AvgIpc) is 2.30. The van der Waals surface area contributed by atoms with Crippen LogP contribution in [0.15, 0.2) is 49.6 Å². The first-order chi connectivity index (χ1) is 8.17. The number of aliphatic hydroxyl groups is 1. The van der Waals surface area contributed by atoms with Crippen molar-refractivity contribution in [2.75, 3.05) is 19.6 Å². The van der Waals surface area contributed by atoms with Gasteiger partial charge in [0.25, 0.3) is 0 Å². The third-order valence-electron chi connectivity index (χ3n) is 2.46. The number of benzene rings is 1. The van der Waals surface area contributed by atoms with Crippen molar-refractivity contribution in [1.29, 1.82) is 0 Å². The molecular weight excluding hydrogens is 217 g/mol. The van der Waals surface area contributed by atoms with Crippen LogP contribution < -0.4 is 0 Å². The highest BCUT2D eigenvalue weighted by atomic mass is 19.1. The van der Waals surface area contributed by atoms with Gasteiger partial charge in [0.05, 0.1) is 6.10 Å². The highest BCUT2D eigenvalue weighted by Crippen LogP contribution is 2.14. The van der Waals surface area contributed by atoms with E-state index in [9.17, 15) is 9.50 Å². The number of hydrogen-bond donors (Lipinski definition) is 1. The Labute approximate surface area is 102 Å². The number of aliphatic hydroxyl groups excluding tert-OH is 1. The van der Waals surface area contributed by atoms with Gasteiger partial charge in [-0.3, -0.25) is 4.90 Å². The molecule has 2 nitrogen and oxygen atoms in total. The molecule has 0 aliphatic rings. The zero-order chi connectivity index (χ0) is 12.7. The van der Waals surface area contributed by atoms with E-state index < -0.39 is 6.10 Å². The molecule has 0 aliphatic carbocycles. The summed E-state index contributed by atoms with van der Waals surface area (Å²) >= 11 is 0. The summed E-state index contributed by atoms with van der Waals surface area (Å²) < 4.78 is 12.7. The minimum atomic E-state index is -0.629. The van der Waals surface area contributed by atoms with E-state index in [-0.39, 0.29) is 5.82 Å². The summed E-state index contributed by atoms with van der Waals surface area (Å²) in [6.07, 6.45) is 2.93. The Bertz CT molecular complexity index is 351. The monoisotopic (exact) mass is 235 g/mol.